The van der Waals surface area contributed by atoms with Crippen LogP contribution >= 0.6 is 0 Å². The monoisotopic (exact) mass is 332 g/mol. The Hall–Kier alpha value is -2.96. The number of ether oxygens (including phenoxy) is 1. The van der Waals surface area contributed by atoms with Crippen molar-refractivity contribution in [2.75, 3.05) is 6.61 Å². The van der Waals surface area contributed by atoms with Gasteiger partial charge in [-0.15, -0.1) is 0 Å². The molecule has 0 saturated heterocycles. The molecule has 0 spiro atoms. The first-order chi connectivity index (χ1) is 11.4. The smallest absolute Gasteiger partial charge is 0.355 e. The van der Waals surface area contributed by atoms with Gasteiger partial charge in [0.15, 0.2) is 12.4 Å². The summed E-state index contributed by atoms with van der Waals surface area (Å²) in [6.45, 7) is 0.899. The molecule has 0 saturated carbocycles. The van der Waals surface area contributed by atoms with Gasteiger partial charge in [0.25, 0.3) is 5.91 Å². The molecule has 0 unspecified atom stereocenters. The standard InChI is InChI=1S/C17H17FN2O4/c1-11(21)13-7-15(20(2)9-13)17(23)24-10-16(22)19-8-12-5-3-4-6-14(12)18/h3-7,9H,8,10H2,1-2H3,(H,19,22). The molecule has 1 heterocycles. The van der Waals surface area contributed by atoms with E-state index in [0.29, 0.717) is 11.1 Å². The molecular formula is C17H17FN2O4. The predicted octanol–water partition coefficient (Wildman–Crippen LogP) is 1.84. The Labute approximate surface area is 138 Å². The van der Waals surface area contributed by atoms with Crippen LogP contribution in [0.4, 0.5) is 4.39 Å². The fourth-order valence-electron chi connectivity index (χ4n) is 2.05. The van der Waals surface area contributed by atoms with Gasteiger partial charge in [-0.3, -0.25) is 9.59 Å². The molecular weight excluding hydrogens is 315 g/mol. The summed E-state index contributed by atoms with van der Waals surface area (Å²) < 4.78 is 19.8. The molecule has 1 aromatic heterocycles. The first-order valence-corrected chi connectivity index (χ1v) is 7.23. The van der Waals surface area contributed by atoms with Crippen LogP contribution in [0.1, 0.15) is 33.3 Å². The second-order valence-corrected chi connectivity index (χ2v) is 5.23. The largest absolute Gasteiger partial charge is 0.451 e. The van der Waals surface area contributed by atoms with Gasteiger partial charge in [-0.1, -0.05) is 18.2 Å². The number of nitrogens with one attached hydrogen (secondary N) is 1. The van der Waals surface area contributed by atoms with Gasteiger partial charge >= 0.3 is 5.97 Å². The Morgan fingerprint density at radius 3 is 2.58 bits per heavy atom. The summed E-state index contributed by atoms with van der Waals surface area (Å²) in [5.74, 6) is -1.86. The highest BCUT2D eigenvalue weighted by Crippen LogP contribution is 2.09. The minimum absolute atomic E-state index is 0.00168. The van der Waals surface area contributed by atoms with E-state index in [9.17, 15) is 18.8 Å². The van der Waals surface area contributed by atoms with E-state index in [1.165, 1.54) is 29.8 Å². The highest BCUT2D eigenvalue weighted by atomic mass is 19.1. The molecule has 0 aliphatic carbocycles. The first kappa shape index (κ1) is 17.4. The van der Waals surface area contributed by atoms with Crippen LogP contribution in [0.15, 0.2) is 36.5 Å². The number of rotatable bonds is 6. The van der Waals surface area contributed by atoms with E-state index in [1.54, 1.807) is 25.2 Å². The zero-order valence-electron chi connectivity index (χ0n) is 13.3. The Morgan fingerprint density at radius 2 is 1.96 bits per heavy atom. The van der Waals surface area contributed by atoms with Gasteiger partial charge in [0, 0.05) is 30.9 Å². The van der Waals surface area contributed by atoms with Crippen molar-refractivity contribution in [1.82, 2.24) is 9.88 Å². The molecule has 0 fully saturated rings. The number of Topliss-reactive ketones (excluding diaryl/α,β-unsaturated/α-hetero) is 1. The summed E-state index contributed by atoms with van der Waals surface area (Å²) in [7, 11) is 1.60. The zero-order valence-corrected chi connectivity index (χ0v) is 13.3. The van der Waals surface area contributed by atoms with Crippen LogP contribution in [0.2, 0.25) is 0 Å². The molecule has 126 valence electrons. The highest BCUT2D eigenvalue weighted by Gasteiger charge is 2.16. The van der Waals surface area contributed by atoms with Gasteiger partial charge in [-0.25, -0.2) is 9.18 Å². The molecule has 0 aliphatic heterocycles. The summed E-state index contributed by atoms with van der Waals surface area (Å²) in [5, 5.41) is 2.47. The molecule has 1 N–H and O–H groups in total. The number of hydrogen-bond donors (Lipinski definition) is 1. The second kappa shape index (κ2) is 7.54. The number of aryl methyl sites for hydroxylation is 1. The molecule has 0 bridgehead atoms. The van der Waals surface area contributed by atoms with E-state index >= 15 is 0 Å². The Kier molecular flexibility index (Phi) is 5.47. The topological polar surface area (TPSA) is 77.4 Å². The van der Waals surface area contributed by atoms with Gasteiger partial charge in [0.2, 0.25) is 0 Å². The number of halogens is 1. The van der Waals surface area contributed by atoms with E-state index in [-0.39, 0.29) is 18.0 Å². The number of carbonyl (C=O) groups is 3. The van der Waals surface area contributed by atoms with Crippen molar-refractivity contribution in [2.24, 2.45) is 7.05 Å². The van der Waals surface area contributed by atoms with Crippen LogP contribution in [0, 0.1) is 5.82 Å². The highest BCUT2D eigenvalue weighted by molar-refractivity contribution is 5.98. The van der Waals surface area contributed by atoms with Crippen LogP contribution in [-0.4, -0.2) is 28.8 Å². The van der Waals surface area contributed by atoms with E-state index in [1.807, 2.05) is 0 Å². The third-order valence-corrected chi connectivity index (χ3v) is 3.39. The van der Waals surface area contributed by atoms with Crippen molar-refractivity contribution in [1.29, 1.82) is 0 Å². The lowest BCUT2D eigenvalue weighted by atomic mass is 10.2. The first-order valence-electron chi connectivity index (χ1n) is 7.23. The number of aromatic nitrogens is 1. The fourth-order valence-corrected chi connectivity index (χ4v) is 2.05. The molecule has 2 aromatic rings. The Balaban J connectivity index is 1.86. The maximum Gasteiger partial charge on any atom is 0.355 e. The number of ketones is 1. The fraction of sp³-hybridized carbons (Fsp3) is 0.235. The number of nitrogens with zero attached hydrogens (tertiary/aromatic N) is 1. The molecule has 1 amide bonds. The SMILES string of the molecule is CC(=O)c1cc(C(=O)OCC(=O)NCc2ccccc2F)n(C)c1. The maximum atomic E-state index is 13.4. The number of amides is 1. The summed E-state index contributed by atoms with van der Waals surface area (Å²) in [6.07, 6.45) is 1.51. The lowest BCUT2D eigenvalue weighted by Crippen LogP contribution is -2.29. The number of benzene rings is 1. The molecule has 24 heavy (non-hydrogen) atoms. The van der Waals surface area contributed by atoms with E-state index in [4.69, 9.17) is 4.74 Å². The summed E-state index contributed by atoms with van der Waals surface area (Å²) in [5.41, 5.74) is 0.890. The van der Waals surface area contributed by atoms with Crippen LogP contribution < -0.4 is 5.32 Å². The maximum absolute atomic E-state index is 13.4. The lowest BCUT2D eigenvalue weighted by molar-refractivity contribution is -0.124. The predicted molar refractivity (Wildman–Crippen MR) is 83.9 cm³/mol. The van der Waals surface area contributed by atoms with Crippen molar-refractivity contribution in [3.63, 3.8) is 0 Å². The molecule has 0 atom stereocenters. The van der Waals surface area contributed by atoms with Gasteiger partial charge in [-0.2, -0.15) is 0 Å². The average molecular weight is 332 g/mol. The molecule has 7 heteroatoms. The summed E-state index contributed by atoms with van der Waals surface area (Å²) in [6, 6.07) is 7.46. The van der Waals surface area contributed by atoms with Crippen LogP contribution in [0.25, 0.3) is 0 Å². The van der Waals surface area contributed by atoms with Crippen molar-refractivity contribution in [3.05, 3.63) is 59.2 Å². The summed E-state index contributed by atoms with van der Waals surface area (Å²) >= 11 is 0. The van der Waals surface area contributed by atoms with Crippen LogP contribution in [0.5, 0.6) is 0 Å². The number of carbonyl (C=O) groups excluding carboxylic acids is 3. The van der Waals surface area contributed by atoms with E-state index in [0.717, 1.165) is 0 Å². The van der Waals surface area contributed by atoms with Gasteiger partial charge < -0.3 is 14.6 Å². The van der Waals surface area contributed by atoms with Crippen molar-refractivity contribution < 1.29 is 23.5 Å². The third-order valence-electron chi connectivity index (χ3n) is 3.39. The minimum atomic E-state index is -0.717. The normalized spacial score (nSPS) is 10.3. The van der Waals surface area contributed by atoms with Crippen LogP contribution in [-0.2, 0) is 23.1 Å². The van der Waals surface area contributed by atoms with Gasteiger partial charge in [-0.05, 0) is 19.1 Å². The van der Waals surface area contributed by atoms with Gasteiger partial charge in [0.1, 0.15) is 11.5 Å². The quantitative estimate of drug-likeness (QED) is 0.647. The number of hydrogen-bond acceptors (Lipinski definition) is 4. The van der Waals surface area contributed by atoms with Crippen molar-refractivity contribution >= 4 is 17.7 Å². The summed E-state index contributed by atoms with van der Waals surface area (Å²) in [4.78, 5) is 34.9. The molecule has 0 aliphatic rings. The minimum Gasteiger partial charge on any atom is -0.451 e. The van der Waals surface area contributed by atoms with Crippen LogP contribution in [0.3, 0.4) is 0 Å². The Bertz CT molecular complexity index is 783. The molecule has 0 radical (unpaired) electrons. The van der Waals surface area contributed by atoms with Gasteiger partial charge in [0.05, 0.1) is 0 Å². The second-order valence-electron chi connectivity index (χ2n) is 5.23. The third kappa shape index (κ3) is 4.28. The van der Waals surface area contributed by atoms with E-state index < -0.39 is 24.3 Å². The lowest BCUT2D eigenvalue weighted by Gasteiger charge is -2.07. The average Bonchev–Trinajstić information content (AvgIpc) is 2.94. The Morgan fingerprint density at radius 1 is 1.25 bits per heavy atom. The zero-order chi connectivity index (χ0) is 17.7. The van der Waals surface area contributed by atoms with E-state index in [2.05, 4.69) is 5.32 Å². The number of esters is 1. The van der Waals surface area contributed by atoms with Crippen molar-refractivity contribution in [2.45, 2.75) is 13.5 Å². The molecule has 2 rings (SSSR count). The molecule has 1 aromatic carbocycles. The van der Waals surface area contributed by atoms with Crippen molar-refractivity contribution in [3.8, 4) is 0 Å². The molecule has 6 nitrogen and oxygen atoms in total.